The molecule has 2 unspecified atom stereocenters. The van der Waals surface area contributed by atoms with Crippen molar-refractivity contribution in [2.24, 2.45) is 5.92 Å². The van der Waals surface area contributed by atoms with Crippen LogP contribution in [0.4, 0.5) is 4.79 Å². The second-order valence-corrected chi connectivity index (χ2v) is 6.06. The molecule has 108 valence electrons. The van der Waals surface area contributed by atoms with Crippen LogP contribution in [0.15, 0.2) is 0 Å². The third kappa shape index (κ3) is 4.54. The van der Waals surface area contributed by atoms with Gasteiger partial charge in [-0.2, -0.15) is 0 Å². The third-order valence-electron chi connectivity index (χ3n) is 3.20. The van der Waals surface area contributed by atoms with Gasteiger partial charge < -0.3 is 20.0 Å². The zero-order chi connectivity index (χ0) is 14.7. The highest BCUT2D eigenvalue weighted by molar-refractivity contribution is 5.73. The van der Waals surface area contributed by atoms with Crippen LogP contribution in [-0.4, -0.2) is 34.6 Å². The van der Waals surface area contributed by atoms with E-state index in [-0.39, 0.29) is 12.8 Å². The van der Waals surface area contributed by atoms with Crippen LogP contribution in [0.5, 0.6) is 0 Å². The number of aldehydes is 1. The summed E-state index contributed by atoms with van der Waals surface area (Å²) in [5, 5.41) is 11.7. The maximum Gasteiger partial charge on any atom is 0.408 e. The Morgan fingerprint density at radius 3 is 2.53 bits per heavy atom. The number of carboxylic acid groups (broad SMARTS) is 1. The molecule has 0 aliphatic heterocycles. The van der Waals surface area contributed by atoms with Gasteiger partial charge in [0.15, 0.2) is 0 Å². The fourth-order valence-corrected chi connectivity index (χ4v) is 2.37. The number of amides is 1. The van der Waals surface area contributed by atoms with Gasteiger partial charge >= 0.3 is 12.1 Å². The second-order valence-electron chi connectivity index (χ2n) is 6.06. The van der Waals surface area contributed by atoms with E-state index < -0.39 is 29.1 Å². The lowest BCUT2D eigenvalue weighted by Crippen LogP contribution is -2.49. The van der Waals surface area contributed by atoms with Crippen LogP contribution in [-0.2, 0) is 14.3 Å². The molecule has 0 aromatic rings. The lowest BCUT2D eigenvalue weighted by molar-refractivity contribution is -0.141. The molecule has 0 aromatic heterocycles. The Kier molecular flexibility index (Phi) is 4.55. The monoisotopic (exact) mass is 271 g/mol. The number of nitrogens with one attached hydrogen (secondary N) is 1. The Balaban J connectivity index is 2.71. The number of hydrogen-bond acceptors (Lipinski definition) is 4. The van der Waals surface area contributed by atoms with Crippen LogP contribution < -0.4 is 5.32 Å². The maximum absolute atomic E-state index is 11.8. The number of ether oxygens (including phenoxy) is 1. The topological polar surface area (TPSA) is 92.7 Å². The number of aliphatic carboxylic acids is 1. The first-order valence-corrected chi connectivity index (χ1v) is 6.35. The summed E-state index contributed by atoms with van der Waals surface area (Å²) in [7, 11) is 0. The molecule has 1 fully saturated rings. The van der Waals surface area contributed by atoms with Crippen LogP contribution in [0.1, 0.15) is 46.5 Å². The minimum atomic E-state index is -0.890. The average Bonchev–Trinajstić information content (AvgIpc) is 2.59. The van der Waals surface area contributed by atoms with Crippen molar-refractivity contribution in [2.75, 3.05) is 0 Å². The van der Waals surface area contributed by atoms with Crippen molar-refractivity contribution in [2.45, 2.75) is 57.6 Å². The van der Waals surface area contributed by atoms with Gasteiger partial charge in [-0.1, -0.05) is 0 Å². The van der Waals surface area contributed by atoms with Crippen LogP contribution in [0, 0.1) is 5.92 Å². The number of carbonyl (C=O) groups excluding carboxylic acids is 2. The number of alkyl carbamates (subject to hydrolysis) is 1. The van der Waals surface area contributed by atoms with E-state index in [0.29, 0.717) is 19.1 Å². The molecule has 2 N–H and O–H groups in total. The molecular formula is C13H21NO5. The lowest BCUT2D eigenvalue weighted by Gasteiger charge is -2.30. The predicted molar refractivity (Wildman–Crippen MR) is 67.8 cm³/mol. The molecule has 0 saturated heterocycles. The molecule has 0 aromatic carbocycles. The minimum Gasteiger partial charge on any atom is -0.481 e. The molecular weight excluding hydrogens is 250 g/mol. The van der Waals surface area contributed by atoms with E-state index in [2.05, 4.69) is 5.32 Å². The summed E-state index contributed by atoms with van der Waals surface area (Å²) in [5.74, 6) is -1.41. The van der Waals surface area contributed by atoms with Crippen molar-refractivity contribution in [1.29, 1.82) is 0 Å². The summed E-state index contributed by atoms with van der Waals surface area (Å²) in [6.45, 7) is 5.23. The Morgan fingerprint density at radius 1 is 1.47 bits per heavy atom. The SMILES string of the molecule is CC(C)(C)OC(=O)NC1(CC=O)CCC(C(=O)O)C1. The van der Waals surface area contributed by atoms with Crippen molar-refractivity contribution in [3.63, 3.8) is 0 Å². The van der Waals surface area contributed by atoms with Gasteiger partial charge in [0.25, 0.3) is 0 Å². The summed E-state index contributed by atoms with van der Waals surface area (Å²) < 4.78 is 5.15. The van der Waals surface area contributed by atoms with Crippen molar-refractivity contribution < 1.29 is 24.2 Å². The predicted octanol–water partition coefficient (Wildman–Crippen LogP) is 1.72. The number of rotatable bonds is 4. The molecule has 6 heteroatoms. The first-order chi connectivity index (χ1) is 8.67. The largest absolute Gasteiger partial charge is 0.481 e. The molecule has 1 aliphatic carbocycles. The quantitative estimate of drug-likeness (QED) is 0.759. The highest BCUT2D eigenvalue weighted by Crippen LogP contribution is 2.37. The molecule has 1 amide bonds. The first kappa shape index (κ1) is 15.5. The summed E-state index contributed by atoms with van der Waals surface area (Å²) >= 11 is 0. The lowest BCUT2D eigenvalue weighted by atomic mass is 9.92. The van der Waals surface area contributed by atoms with E-state index in [0.717, 1.165) is 0 Å². The van der Waals surface area contributed by atoms with Crippen molar-refractivity contribution >= 4 is 18.3 Å². The molecule has 0 radical (unpaired) electrons. The standard InChI is InChI=1S/C13H21NO5/c1-12(2,3)19-11(18)14-13(6-7-15)5-4-9(8-13)10(16)17/h7,9H,4-6,8H2,1-3H3,(H,14,18)(H,16,17). The van der Waals surface area contributed by atoms with E-state index in [1.807, 2.05) is 0 Å². The smallest absolute Gasteiger partial charge is 0.408 e. The average molecular weight is 271 g/mol. The van der Waals surface area contributed by atoms with Crippen LogP contribution in [0.3, 0.4) is 0 Å². The van der Waals surface area contributed by atoms with Crippen molar-refractivity contribution in [3.8, 4) is 0 Å². The van der Waals surface area contributed by atoms with E-state index in [9.17, 15) is 14.4 Å². The molecule has 1 saturated carbocycles. The number of carboxylic acids is 1. The van der Waals surface area contributed by atoms with Crippen LogP contribution in [0.2, 0.25) is 0 Å². The Labute approximate surface area is 112 Å². The van der Waals surface area contributed by atoms with Gasteiger partial charge in [0.2, 0.25) is 0 Å². The van der Waals surface area contributed by atoms with Gasteiger partial charge in [0, 0.05) is 6.42 Å². The van der Waals surface area contributed by atoms with E-state index >= 15 is 0 Å². The van der Waals surface area contributed by atoms with Gasteiger partial charge in [-0.25, -0.2) is 4.79 Å². The van der Waals surface area contributed by atoms with Crippen LogP contribution in [0.25, 0.3) is 0 Å². The summed E-state index contributed by atoms with van der Waals surface area (Å²) in [6.07, 6.45) is 1.40. The normalized spacial score (nSPS) is 26.8. The van der Waals surface area contributed by atoms with Gasteiger partial charge in [-0.05, 0) is 40.0 Å². The molecule has 19 heavy (non-hydrogen) atoms. The molecule has 2 atom stereocenters. The number of hydrogen-bond donors (Lipinski definition) is 2. The summed E-state index contributed by atoms with van der Waals surface area (Å²) in [6, 6.07) is 0. The molecule has 1 aliphatic rings. The zero-order valence-corrected chi connectivity index (χ0v) is 11.6. The third-order valence-corrected chi connectivity index (χ3v) is 3.20. The van der Waals surface area contributed by atoms with E-state index in [1.54, 1.807) is 20.8 Å². The highest BCUT2D eigenvalue weighted by Gasteiger charge is 2.43. The van der Waals surface area contributed by atoms with Crippen molar-refractivity contribution in [1.82, 2.24) is 5.32 Å². The minimum absolute atomic E-state index is 0.107. The summed E-state index contributed by atoms with van der Waals surface area (Å²) in [5.41, 5.74) is -1.41. The molecule has 1 rings (SSSR count). The second kappa shape index (κ2) is 5.59. The highest BCUT2D eigenvalue weighted by atomic mass is 16.6. The molecule has 0 heterocycles. The summed E-state index contributed by atoms with van der Waals surface area (Å²) in [4.78, 5) is 33.5. The fraction of sp³-hybridized carbons (Fsp3) is 0.769. The Bertz CT molecular complexity index is 374. The maximum atomic E-state index is 11.8. The fourth-order valence-electron chi connectivity index (χ4n) is 2.37. The first-order valence-electron chi connectivity index (χ1n) is 6.35. The van der Waals surface area contributed by atoms with E-state index in [1.165, 1.54) is 0 Å². The van der Waals surface area contributed by atoms with Gasteiger partial charge in [0.05, 0.1) is 11.5 Å². The molecule has 0 bridgehead atoms. The number of carbonyl (C=O) groups is 3. The molecule has 6 nitrogen and oxygen atoms in total. The Morgan fingerprint density at radius 2 is 2.11 bits per heavy atom. The Hall–Kier alpha value is -1.59. The van der Waals surface area contributed by atoms with Gasteiger partial charge in [0.1, 0.15) is 11.9 Å². The van der Waals surface area contributed by atoms with E-state index in [4.69, 9.17) is 9.84 Å². The molecule has 0 spiro atoms. The van der Waals surface area contributed by atoms with Crippen molar-refractivity contribution in [3.05, 3.63) is 0 Å². The van der Waals surface area contributed by atoms with Gasteiger partial charge in [-0.3, -0.25) is 4.79 Å². The van der Waals surface area contributed by atoms with Gasteiger partial charge in [-0.15, -0.1) is 0 Å². The van der Waals surface area contributed by atoms with Crippen LogP contribution >= 0.6 is 0 Å². The zero-order valence-electron chi connectivity index (χ0n) is 11.6.